The number of hydrogen-bond acceptors (Lipinski definition) is 6. The molecule has 1 fully saturated rings. The largest absolute Gasteiger partial charge is 0.377 e. The number of aliphatic imine (C=N–C) groups is 1. The molecule has 126 valence electrons. The molecule has 1 aromatic rings. The fourth-order valence-electron chi connectivity index (χ4n) is 2.77. The third kappa shape index (κ3) is 3.12. The number of anilines is 2. The summed E-state index contributed by atoms with van der Waals surface area (Å²) in [6.45, 7) is 2.64. The number of thioether (sulfide) groups is 1. The van der Waals surface area contributed by atoms with E-state index in [2.05, 4.69) is 9.71 Å². The van der Waals surface area contributed by atoms with E-state index in [-0.39, 0.29) is 0 Å². The number of amidine groups is 1. The number of aryl methyl sites for hydroxylation is 1. The number of nitrogens with zero attached hydrogens (tertiary/aromatic N) is 3. The summed E-state index contributed by atoms with van der Waals surface area (Å²) in [4.78, 5) is 7.96. The smallest absolute Gasteiger partial charge is 0.257 e. The number of halogens is 1. The minimum atomic E-state index is -3.67. The molecule has 6 nitrogen and oxygen atoms in total. The minimum Gasteiger partial charge on any atom is -0.377 e. The van der Waals surface area contributed by atoms with E-state index < -0.39 is 20.9 Å². The third-order valence-corrected chi connectivity index (χ3v) is 6.99. The molecule has 2 aliphatic heterocycles. The summed E-state index contributed by atoms with van der Waals surface area (Å²) in [5, 5.41) is -0.142. The maximum absolute atomic E-state index is 12.8. The van der Waals surface area contributed by atoms with Gasteiger partial charge in [0, 0.05) is 32.1 Å². The van der Waals surface area contributed by atoms with Gasteiger partial charge in [0.15, 0.2) is 16.0 Å². The van der Waals surface area contributed by atoms with Crippen LogP contribution in [-0.4, -0.2) is 55.8 Å². The molecular weight excluding hydrogens is 356 g/mol. The quantitative estimate of drug-likeness (QED) is 0.646. The molecule has 0 radical (unpaired) electrons. The molecule has 3 rings (SSSR count). The number of hydrogen-bond donors (Lipinski definition) is 1. The van der Waals surface area contributed by atoms with Gasteiger partial charge in [0.2, 0.25) is 0 Å². The lowest BCUT2D eigenvalue weighted by Gasteiger charge is -2.25. The summed E-state index contributed by atoms with van der Waals surface area (Å²) in [7, 11) is 0.175. The zero-order valence-electron chi connectivity index (χ0n) is 13.2. The Labute approximate surface area is 145 Å². The Balaban J connectivity index is 1.86. The first-order valence-electron chi connectivity index (χ1n) is 7.20. The van der Waals surface area contributed by atoms with Gasteiger partial charge in [0.25, 0.3) is 10.0 Å². The second kappa shape index (κ2) is 6.07. The molecule has 2 aliphatic rings. The summed E-state index contributed by atoms with van der Waals surface area (Å²) in [5.74, 6) is 0.837. The highest BCUT2D eigenvalue weighted by atomic mass is 35.5. The molecule has 2 heterocycles. The molecule has 1 aromatic carbocycles. The lowest BCUT2D eigenvalue weighted by Crippen LogP contribution is -2.44. The minimum absolute atomic E-state index is 0.531. The Bertz CT molecular complexity index is 751. The lowest BCUT2D eigenvalue weighted by molar-refractivity contribution is 0.431. The van der Waals surface area contributed by atoms with E-state index in [9.17, 15) is 8.42 Å². The van der Waals surface area contributed by atoms with Gasteiger partial charge in [-0.15, -0.1) is 0 Å². The molecular formula is C14H19ClN4O2S2. The molecule has 1 N–H and O–H groups in total. The van der Waals surface area contributed by atoms with Crippen LogP contribution in [0.4, 0.5) is 11.4 Å². The van der Waals surface area contributed by atoms with Crippen LogP contribution in [0.15, 0.2) is 23.2 Å². The van der Waals surface area contributed by atoms with E-state index in [0.717, 1.165) is 22.2 Å². The van der Waals surface area contributed by atoms with Crippen LogP contribution in [0.1, 0.15) is 5.56 Å². The Morgan fingerprint density at radius 1 is 1.43 bits per heavy atom. The van der Waals surface area contributed by atoms with Crippen molar-refractivity contribution < 1.29 is 8.42 Å². The molecule has 23 heavy (non-hydrogen) atoms. The van der Waals surface area contributed by atoms with Crippen molar-refractivity contribution in [3.05, 3.63) is 23.8 Å². The van der Waals surface area contributed by atoms with Crippen molar-refractivity contribution >= 4 is 49.9 Å². The average molecular weight is 375 g/mol. The first-order valence-corrected chi connectivity index (χ1v) is 10.2. The molecule has 2 unspecified atom stereocenters. The number of nitrogens with one attached hydrogen (secondary N) is 1. The van der Waals surface area contributed by atoms with Crippen LogP contribution in [-0.2, 0) is 10.0 Å². The zero-order valence-corrected chi connectivity index (χ0v) is 15.5. The van der Waals surface area contributed by atoms with Crippen LogP contribution in [0.3, 0.4) is 0 Å². The van der Waals surface area contributed by atoms with Crippen molar-refractivity contribution in [2.45, 2.75) is 17.8 Å². The van der Waals surface area contributed by atoms with E-state index in [1.165, 1.54) is 0 Å². The van der Waals surface area contributed by atoms with Crippen LogP contribution in [0.5, 0.6) is 0 Å². The number of benzene rings is 1. The third-order valence-electron chi connectivity index (χ3n) is 3.85. The highest BCUT2D eigenvalue weighted by molar-refractivity contribution is 8.14. The summed E-state index contributed by atoms with van der Waals surface area (Å²) < 4.78 is 28.2. The summed E-state index contributed by atoms with van der Waals surface area (Å²) in [6.07, 6.45) is 0. The number of rotatable bonds is 4. The van der Waals surface area contributed by atoms with Crippen molar-refractivity contribution in [3.8, 4) is 0 Å². The second-order valence-electron chi connectivity index (χ2n) is 5.76. The van der Waals surface area contributed by atoms with Crippen LogP contribution >= 0.6 is 23.4 Å². The van der Waals surface area contributed by atoms with Gasteiger partial charge in [-0.05, 0) is 24.6 Å². The van der Waals surface area contributed by atoms with Crippen LogP contribution < -0.4 is 9.62 Å². The maximum atomic E-state index is 12.8. The van der Waals surface area contributed by atoms with Gasteiger partial charge in [0.1, 0.15) is 0 Å². The second-order valence-corrected chi connectivity index (χ2v) is 9.05. The maximum Gasteiger partial charge on any atom is 0.257 e. The fraction of sp³-hybridized carbons (Fsp3) is 0.500. The SMILES string of the molecule is Cc1ccc(NS(=O)(=O)C2C(Cl)N=C3SCCN32)cc1N(C)C. The molecule has 0 spiro atoms. The molecule has 0 aliphatic carbocycles. The zero-order chi connectivity index (χ0) is 16.8. The Morgan fingerprint density at radius 3 is 2.87 bits per heavy atom. The van der Waals surface area contributed by atoms with Gasteiger partial charge in [-0.1, -0.05) is 29.4 Å². The van der Waals surface area contributed by atoms with Crippen molar-refractivity contribution in [3.63, 3.8) is 0 Å². The number of fused-ring (bicyclic) bond motifs is 1. The molecule has 1 saturated heterocycles. The van der Waals surface area contributed by atoms with Crippen molar-refractivity contribution in [2.75, 3.05) is 36.0 Å². The Morgan fingerprint density at radius 2 is 2.17 bits per heavy atom. The lowest BCUT2D eigenvalue weighted by atomic mass is 10.2. The molecule has 0 aromatic heterocycles. The van der Waals surface area contributed by atoms with E-state index in [1.807, 2.05) is 38.1 Å². The van der Waals surface area contributed by atoms with E-state index in [4.69, 9.17) is 11.6 Å². The van der Waals surface area contributed by atoms with Gasteiger partial charge < -0.3 is 9.80 Å². The Hall–Kier alpha value is -1.12. The van der Waals surface area contributed by atoms with Gasteiger partial charge >= 0.3 is 0 Å². The summed E-state index contributed by atoms with van der Waals surface area (Å²) in [6, 6.07) is 5.48. The molecule has 2 atom stereocenters. The van der Waals surface area contributed by atoms with Crippen molar-refractivity contribution in [1.82, 2.24) is 4.90 Å². The van der Waals surface area contributed by atoms with Crippen LogP contribution in [0.2, 0.25) is 0 Å². The fourth-order valence-corrected chi connectivity index (χ4v) is 6.04. The topological polar surface area (TPSA) is 65.0 Å². The van der Waals surface area contributed by atoms with Gasteiger partial charge in [-0.25, -0.2) is 13.4 Å². The van der Waals surface area contributed by atoms with Crippen LogP contribution in [0, 0.1) is 6.92 Å². The highest BCUT2D eigenvalue weighted by Gasteiger charge is 2.46. The molecule has 0 saturated carbocycles. The predicted octanol–water partition coefficient (Wildman–Crippen LogP) is 2.11. The van der Waals surface area contributed by atoms with E-state index >= 15 is 0 Å². The predicted molar refractivity (Wildman–Crippen MR) is 98.1 cm³/mol. The first kappa shape index (κ1) is 16.7. The van der Waals surface area contributed by atoms with Crippen molar-refractivity contribution in [2.24, 2.45) is 4.99 Å². The number of alkyl halides is 1. The van der Waals surface area contributed by atoms with Gasteiger partial charge in [-0.2, -0.15) is 0 Å². The van der Waals surface area contributed by atoms with Crippen molar-refractivity contribution in [1.29, 1.82) is 0 Å². The molecule has 0 amide bonds. The van der Waals surface area contributed by atoms with E-state index in [1.54, 1.807) is 22.7 Å². The van der Waals surface area contributed by atoms with Crippen LogP contribution in [0.25, 0.3) is 0 Å². The Kier molecular flexibility index (Phi) is 4.41. The first-order chi connectivity index (χ1) is 10.8. The van der Waals surface area contributed by atoms with Gasteiger partial charge in [-0.3, -0.25) is 4.72 Å². The molecule has 0 bridgehead atoms. The average Bonchev–Trinajstić information content (AvgIpc) is 2.99. The summed E-state index contributed by atoms with van der Waals surface area (Å²) in [5.41, 5.74) is 1.79. The summed E-state index contributed by atoms with van der Waals surface area (Å²) >= 11 is 7.71. The van der Waals surface area contributed by atoms with Gasteiger partial charge in [0.05, 0.1) is 5.69 Å². The highest BCUT2D eigenvalue weighted by Crippen LogP contribution is 2.34. The van der Waals surface area contributed by atoms with E-state index in [0.29, 0.717) is 12.2 Å². The number of sulfonamides is 1. The normalized spacial score (nSPS) is 23.7. The standard InChI is InChI=1S/C14H19ClN4O2S2/c1-9-4-5-10(8-11(9)18(2)3)17-23(20,21)13-12(15)16-14-19(13)6-7-22-14/h4-5,8,12-13,17H,6-7H2,1-3H3. The molecule has 9 heteroatoms. The monoisotopic (exact) mass is 374 g/mol.